The second-order valence-corrected chi connectivity index (χ2v) is 13.1. The zero-order valence-electron chi connectivity index (χ0n) is 22.1. The fourth-order valence-corrected chi connectivity index (χ4v) is 8.37. The molecule has 1 spiro atoms. The van der Waals surface area contributed by atoms with Crippen LogP contribution in [-0.4, -0.2) is 15.4 Å². The van der Waals surface area contributed by atoms with Crippen molar-refractivity contribution in [3.8, 4) is 11.5 Å². The number of ether oxygens (including phenoxy) is 1. The molecule has 40 heavy (non-hydrogen) atoms. The smallest absolute Gasteiger partial charge is 0.449 e. The van der Waals surface area contributed by atoms with Crippen molar-refractivity contribution in [1.29, 1.82) is 0 Å². The molecular formula is C26H25Cl4Na2O7P+2. The molecule has 7 nitrogen and oxygen atoms in total. The van der Waals surface area contributed by atoms with Crippen molar-refractivity contribution >= 4 is 54.2 Å². The zero-order valence-corrected chi connectivity index (χ0v) is 30.0. The Hall–Kier alpha value is 1.01. The van der Waals surface area contributed by atoms with E-state index < -0.39 is 19.2 Å². The molecule has 0 radical (unpaired) electrons. The van der Waals surface area contributed by atoms with Crippen LogP contribution in [0.2, 0.25) is 20.1 Å². The van der Waals surface area contributed by atoms with Crippen molar-refractivity contribution in [2.45, 2.75) is 62.8 Å². The molecule has 1 heterocycles. The van der Waals surface area contributed by atoms with Crippen LogP contribution in [0.3, 0.4) is 0 Å². The van der Waals surface area contributed by atoms with Gasteiger partial charge >= 0.3 is 66.9 Å². The molecular weight excluding hydrogens is 643 g/mol. The molecule has 2 N–H and O–H groups in total. The van der Waals surface area contributed by atoms with Crippen LogP contribution in [0.5, 0.6) is 11.5 Å². The average Bonchev–Trinajstić information content (AvgIpc) is 2.83. The molecule has 6 rings (SSSR count). The first-order chi connectivity index (χ1) is 18.0. The van der Waals surface area contributed by atoms with Gasteiger partial charge in [-0.1, -0.05) is 70.0 Å². The van der Waals surface area contributed by atoms with Gasteiger partial charge in [-0.05, 0) is 69.2 Å². The van der Waals surface area contributed by atoms with Gasteiger partial charge < -0.3 is 9.26 Å². The topological polar surface area (TPSA) is 94.5 Å². The van der Waals surface area contributed by atoms with Crippen LogP contribution in [0.25, 0.3) is 0 Å². The first-order valence-electron chi connectivity index (χ1n) is 12.5. The van der Waals surface area contributed by atoms with Gasteiger partial charge in [0.2, 0.25) is 0 Å². The molecule has 3 aliphatic carbocycles. The molecule has 2 aromatic carbocycles. The van der Waals surface area contributed by atoms with Gasteiger partial charge in [0.25, 0.3) is 5.79 Å². The third-order valence-electron chi connectivity index (χ3n) is 8.26. The Morgan fingerprint density at radius 2 is 1.60 bits per heavy atom. The van der Waals surface area contributed by atoms with E-state index in [-0.39, 0.29) is 97.5 Å². The minimum atomic E-state index is -4.91. The largest absolute Gasteiger partial charge is 1.00 e. The van der Waals surface area contributed by atoms with Crippen LogP contribution in [0, 0.1) is 11.8 Å². The van der Waals surface area contributed by atoms with Crippen LogP contribution < -0.4 is 68.4 Å². The van der Waals surface area contributed by atoms with Crippen molar-refractivity contribution in [2.24, 2.45) is 11.8 Å². The first kappa shape index (κ1) is 33.9. The molecule has 204 valence electrons. The van der Waals surface area contributed by atoms with E-state index in [2.05, 4.69) is 0 Å². The van der Waals surface area contributed by atoms with Crippen molar-refractivity contribution in [1.82, 2.24) is 0 Å². The number of hydrogen-bond acceptors (Lipinski definition) is 5. The maximum Gasteiger partial charge on any atom is 1.00 e. The van der Waals surface area contributed by atoms with Gasteiger partial charge in [-0.3, -0.25) is 9.79 Å². The predicted octanol–water partition coefficient (Wildman–Crippen LogP) is 2.40. The minimum absolute atomic E-state index is 0. The summed E-state index contributed by atoms with van der Waals surface area (Å²) in [6.07, 6.45) is 8.08. The van der Waals surface area contributed by atoms with Crippen molar-refractivity contribution in [3.05, 3.63) is 67.1 Å². The van der Waals surface area contributed by atoms with Crippen LogP contribution >= 0.6 is 54.2 Å². The SMILES string of the molecule is O=P(O)(O)Oc1cc(C2(Oc3c(Cl)cc(Cl)cc3Cl)OOC23C2CCCC3C3=C(CCCC3)C2)ccc1Cl.[Na+].[Na+]. The molecule has 4 aliphatic rings. The number of benzene rings is 2. The number of fused-ring (bicyclic) bond motifs is 1. The second kappa shape index (κ2) is 12.8. The molecule has 4 atom stereocenters. The summed E-state index contributed by atoms with van der Waals surface area (Å²) in [6.45, 7) is 0. The van der Waals surface area contributed by atoms with Gasteiger partial charge in [-0.15, -0.1) is 0 Å². The third-order valence-corrected chi connectivity index (χ3v) is 9.79. The van der Waals surface area contributed by atoms with E-state index in [4.69, 9.17) is 65.4 Å². The fourth-order valence-electron chi connectivity index (χ4n) is 6.85. The maximum absolute atomic E-state index is 11.7. The van der Waals surface area contributed by atoms with Crippen LogP contribution in [-0.2, 0) is 20.1 Å². The summed E-state index contributed by atoms with van der Waals surface area (Å²) in [4.78, 5) is 31.2. The van der Waals surface area contributed by atoms with Gasteiger partial charge in [0.05, 0.1) is 15.1 Å². The Labute approximate surface area is 296 Å². The number of phosphoric acid groups is 1. The summed E-state index contributed by atoms with van der Waals surface area (Å²) in [5, 5.41) is 0.737. The normalized spacial score (nSPS) is 29.1. The minimum Gasteiger partial charge on any atom is -0.449 e. The summed E-state index contributed by atoms with van der Waals surface area (Å²) in [5.41, 5.74) is 2.39. The number of phosphoric ester groups is 1. The molecule has 2 aromatic rings. The number of rotatable bonds is 5. The van der Waals surface area contributed by atoms with Crippen LogP contribution in [0.4, 0.5) is 0 Å². The first-order valence-corrected chi connectivity index (χ1v) is 15.5. The van der Waals surface area contributed by atoms with Gasteiger partial charge in [0.1, 0.15) is 0 Å². The van der Waals surface area contributed by atoms with E-state index in [0.29, 0.717) is 10.6 Å². The van der Waals surface area contributed by atoms with Crippen molar-refractivity contribution in [2.75, 3.05) is 0 Å². The van der Waals surface area contributed by atoms with E-state index >= 15 is 0 Å². The summed E-state index contributed by atoms with van der Waals surface area (Å²) in [6, 6.07) is 7.63. The zero-order chi connectivity index (χ0) is 26.9. The van der Waals surface area contributed by atoms with Gasteiger partial charge in [0, 0.05) is 22.4 Å². The van der Waals surface area contributed by atoms with Crippen LogP contribution in [0.1, 0.15) is 56.9 Å². The van der Waals surface area contributed by atoms with Crippen molar-refractivity contribution < 1.29 is 92.5 Å². The molecule has 4 unspecified atom stereocenters. The Balaban J connectivity index is 0.00000185. The van der Waals surface area contributed by atoms with Gasteiger partial charge in [-0.2, -0.15) is 4.89 Å². The quantitative estimate of drug-likeness (QED) is 0.219. The van der Waals surface area contributed by atoms with Crippen molar-refractivity contribution in [3.63, 3.8) is 0 Å². The average molecular weight is 668 g/mol. The number of halogens is 4. The monoisotopic (exact) mass is 666 g/mol. The van der Waals surface area contributed by atoms with E-state index in [9.17, 15) is 14.4 Å². The Morgan fingerprint density at radius 1 is 0.900 bits per heavy atom. The molecule has 14 heteroatoms. The molecule has 0 aromatic heterocycles. The summed E-state index contributed by atoms with van der Waals surface area (Å²) in [7, 11) is -4.91. The molecule has 1 saturated carbocycles. The number of allylic oxidation sites excluding steroid dienone is 1. The molecule has 0 amide bonds. The van der Waals surface area contributed by atoms with Crippen LogP contribution in [0.15, 0.2) is 41.5 Å². The van der Waals surface area contributed by atoms with E-state index in [1.807, 2.05) is 0 Å². The fraction of sp³-hybridized carbons (Fsp3) is 0.462. The molecule has 2 fully saturated rings. The molecule has 2 bridgehead atoms. The summed E-state index contributed by atoms with van der Waals surface area (Å²) >= 11 is 25.5. The Bertz CT molecular complexity index is 1370. The third kappa shape index (κ3) is 5.75. The summed E-state index contributed by atoms with van der Waals surface area (Å²) in [5.74, 6) is -1.52. The van der Waals surface area contributed by atoms with Gasteiger partial charge in [-0.25, -0.2) is 9.45 Å². The maximum atomic E-state index is 11.7. The summed E-state index contributed by atoms with van der Waals surface area (Å²) < 4.78 is 23.3. The van der Waals surface area contributed by atoms with E-state index in [0.717, 1.165) is 44.9 Å². The Kier molecular flexibility index (Phi) is 10.8. The molecule has 1 saturated heterocycles. The standard InChI is InChI=1S/C26H25Cl4O7P.2Na/c27-17-12-21(29)24(22(30)13-17)34-26(16-8-9-20(28)23(11-16)35-38(31,32)33)25(36-37-26)15-5-3-7-19(25)18-6-2-1-4-14(18)10-15;;/h8-9,11-13,15,19H,1-7,10H2,(H2,31,32,33);;/q;2*+1. The predicted molar refractivity (Wildman–Crippen MR) is 144 cm³/mol. The Morgan fingerprint density at radius 3 is 2.25 bits per heavy atom. The number of hydrogen-bond donors (Lipinski definition) is 2. The molecule has 1 aliphatic heterocycles. The second-order valence-electron chi connectivity index (χ2n) is 10.3. The van der Waals surface area contributed by atoms with E-state index in [1.165, 1.54) is 41.8 Å². The van der Waals surface area contributed by atoms with Gasteiger partial charge in [0.15, 0.2) is 17.1 Å². The van der Waals surface area contributed by atoms with E-state index in [1.54, 1.807) is 6.07 Å².